The molecule has 3 rings (SSSR count). The molecule has 0 bridgehead atoms. The monoisotopic (exact) mass is 331 g/mol. The van der Waals surface area contributed by atoms with Gasteiger partial charge >= 0.3 is 0 Å². The number of carbonyl (C=O) groups is 1. The van der Waals surface area contributed by atoms with E-state index in [-0.39, 0.29) is 5.78 Å². The predicted molar refractivity (Wildman–Crippen MR) is 87.0 cm³/mol. The number of rotatable bonds is 5. The van der Waals surface area contributed by atoms with Gasteiger partial charge in [-0.1, -0.05) is 12.1 Å². The minimum absolute atomic E-state index is 0.0650. The Balaban J connectivity index is 1.82. The number of alkyl halides is 2. The fourth-order valence-electron chi connectivity index (χ4n) is 2.93. The van der Waals surface area contributed by atoms with Crippen LogP contribution in [0, 0.1) is 6.92 Å². The summed E-state index contributed by atoms with van der Waals surface area (Å²) in [6.45, 7) is 4.28. The van der Waals surface area contributed by atoms with Gasteiger partial charge < -0.3 is 4.74 Å². The van der Waals surface area contributed by atoms with Crippen molar-refractivity contribution in [2.24, 2.45) is 0 Å². The molecule has 0 amide bonds. The van der Waals surface area contributed by atoms with Crippen LogP contribution in [-0.2, 0) is 5.41 Å². The van der Waals surface area contributed by atoms with Crippen molar-refractivity contribution in [3.05, 3.63) is 53.2 Å². The van der Waals surface area contributed by atoms with Gasteiger partial charge in [0, 0.05) is 24.8 Å². The lowest BCUT2D eigenvalue weighted by Gasteiger charge is -2.24. The smallest absolute Gasteiger partial charge is 0.254 e. The highest BCUT2D eigenvalue weighted by Gasteiger charge is 2.60. The summed E-state index contributed by atoms with van der Waals surface area (Å²) in [6, 6.07) is 8.44. The molecular weight excluding hydrogens is 312 g/mol. The number of ketones is 1. The number of ether oxygens (including phenoxy) is 1. The second kappa shape index (κ2) is 5.65. The topological polar surface area (TPSA) is 39.2 Å². The Morgan fingerprint density at radius 2 is 1.96 bits per heavy atom. The number of nitrogens with zero attached hydrogens (tertiary/aromatic N) is 1. The number of Topliss-reactive ketones (excluding diaryl/α,β-unsaturated/α-hetero) is 1. The lowest BCUT2D eigenvalue weighted by molar-refractivity contribution is -0.0200. The van der Waals surface area contributed by atoms with Crippen LogP contribution in [0.1, 0.15) is 48.2 Å². The molecule has 3 nitrogen and oxygen atoms in total. The third kappa shape index (κ3) is 2.90. The van der Waals surface area contributed by atoms with E-state index in [9.17, 15) is 13.6 Å². The van der Waals surface area contributed by atoms with E-state index in [1.54, 1.807) is 30.3 Å². The van der Waals surface area contributed by atoms with Gasteiger partial charge in [-0.25, -0.2) is 13.8 Å². The van der Waals surface area contributed by atoms with Gasteiger partial charge in [0.25, 0.3) is 5.92 Å². The number of hydrogen-bond donors (Lipinski definition) is 0. The molecular formula is C19H19F2NO2. The summed E-state index contributed by atoms with van der Waals surface area (Å²) >= 11 is 0. The van der Waals surface area contributed by atoms with E-state index in [0.29, 0.717) is 35.6 Å². The van der Waals surface area contributed by atoms with Crippen molar-refractivity contribution in [1.82, 2.24) is 4.98 Å². The van der Waals surface area contributed by atoms with Crippen LogP contribution in [0.5, 0.6) is 11.6 Å². The molecule has 1 aliphatic carbocycles. The number of benzene rings is 1. The van der Waals surface area contributed by atoms with Gasteiger partial charge in [0.05, 0.1) is 5.41 Å². The first-order valence-corrected chi connectivity index (χ1v) is 7.87. The summed E-state index contributed by atoms with van der Waals surface area (Å²) < 4.78 is 33.4. The van der Waals surface area contributed by atoms with E-state index in [4.69, 9.17) is 4.74 Å². The Bertz CT molecular complexity index is 775. The molecule has 126 valence electrons. The van der Waals surface area contributed by atoms with Gasteiger partial charge in [-0.2, -0.15) is 0 Å². The first-order chi connectivity index (χ1) is 11.2. The van der Waals surface area contributed by atoms with Crippen molar-refractivity contribution in [2.75, 3.05) is 0 Å². The normalized spacial score (nSPS) is 15.9. The van der Waals surface area contributed by atoms with Crippen LogP contribution in [0.15, 0.2) is 36.5 Å². The average Bonchev–Trinajstić information content (AvgIpc) is 3.31. The first-order valence-electron chi connectivity index (χ1n) is 7.87. The van der Waals surface area contributed by atoms with Crippen LogP contribution >= 0.6 is 0 Å². The maximum atomic E-state index is 13.9. The van der Waals surface area contributed by atoms with Crippen LogP contribution in [0.4, 0.5) is 8.78 Å². The molecule has 1 aromatic heterocycles. The van der Waals surface area contributed by atoms with E-state index < -0.39 is 11.3 Å². The summed E-state index contributed by atoms with van der Waals surface area (Å²) in [7, 11) is 0. The highest BCUT2D eigenvalue weighted by molar-refractivity contribution is 5.93. The number of pyridine rings is 1. The highest BCUT2D eigenvalue weighted by atomic mass is 19.3. The van der Waals surface area contributed by atoms with Gasteiger partial charge in [0.2, 0.25) is 5.88 Å². The summed E-state index contributed by atoms with van der Waals surface area (Å²) in [5.41, 5.74) is 0.910. The lowest BCUT2D eigenvalue weighted by atomic mass is 9.89. The van der Waals surface area contributed by atoms with E-state index in [1.165, 1.54) is 13.1 Å². The molecule has 24 heavy (non-hydrogen) atoms. The van der Waals surface area contributed by atoms with E-state index in [1.807, 2.05) is 6.92 Å². The third-order valence-electron chi connectivity index (χ3n) is 4.68. The maximum Gasteiger partial charge on any atom is 0.254 e. The van der Waals surface area contributed by atoms with Crippen LogP contribution in [0.25, 0.3) is 0 Å². The van der Waals surface area contributed by atoms with E-state index in [2.05, 4.69) is 4.98 Å². The van der Waals surface area contributed by atoms with Crippen molar-refractivity contribution in [2.45, 2.75) is 45.0 Å². The van der Waals surface area contributed by atoms with Gasteiger partial charge in [-0.05, 0) is 49.9 Å². The zero-order valence-electron chi connectivity index (χ0n) is 13.9. The molecule has 0 N–H and O–H groups in total. The Hall–Kier alpha value is -2.30. The molecule has 0 unspecified atom stereocenters. The summed E-state index contributed by atoms with van der Waals surface area (Å²) in [5, 5.41) is 0. The standard InChI is InChI=1S/C19H19F2NO2/c1-12-10-15(19(8-9-19)18(3,20)21)5-6-16(12)24-17-7-4-14(11-22-17)13(2)23/h4-7,10-11H,8-9H2,1-3H3. The van der Waals surface area contributed by atoms with Crippen molar-refractivity contribution >= 4 is 5.78 Å². The summed E-state index contributed by atoms with van der Waals surface area (Å²) in [5.74, 6) is -1.87. The van der Waals surface area contributed by atoms with E-state index in [0.717, 1.165) is 12.5 Å². The lowest BCUT2D eigenvalue weighted by Crippen LogP contribution is -2.30. The molecule has 1 aromatic carbocycles. The SMILES string of the molecule is CC(=O)c1ccc(Oc2ccc(C3(C(C)(F)F)CC3)cc2C)nc1. The summed E-state index contributed by atoms with van der Waals surface area (Å²) in [4.78, 5) is 15.3. The third-order valence-corrected chi connectivity index (χ3v) is 4.68. The molecule has 0 atom stereocenters. The quantitative estimate of drug-likeness (QED) is 0.718. The molecule has 0 radical (unpaired) electrons. The van der Waals surface area contributed by atoms with Crippen molar-refractivity contribution in [3.8, 4) is 11.6 Å². The fourth-order valence-corrected chi connectivity index (χ4v) is 2.93. The zero-order chi connectivity index (χ0) is 17.5. The molecule has 1 aliphatic rings. The van der Waals surface area contributed by atoms with Crippen LogP contribution < -0.4 is 4.74 Å². The predicted octanol–water partition coefficient (Wildman–Crippen LogP) is 5.07. The van der Waals surface area contributed by atoms with Gasteiger partial charge in [0.1, 0.15) is 5.75 Å². The van der Waals surface area contributed by atoms with Gasteiger partial charge in [0.15, 0.2) is 5.78 Å². The number of hydrogen-bond acceptors (Lipinski definition) is 3. The van der Waals surface area contributed by atoms with Gasteiger partial charge in [-0.3, -0.25) is 4.79 Å². The second-order valence-electron chi connectivity index (χ2n) is 6.49. The number of aromatic nitrogens is 1. The number of halogens is 2. The Labute approximate surface area is 139 Å². The molecule has 1 saturated carbocycles. The minimum Gasteiger partial charge on any atom is -0.439 e. The molecule has 0 saturated heterocycles. The van der Waals surface area contributed by atoms with Crippen molar-refractivity contribution < 1.29 is 18.3 Å². The largest absolute Gasteiger partial charge is 0.439 e. The molecule has 2 aromatic rings. The molecule has 1 fully saturated rings. The summed E-state index contributed by atoms with van der Waals surface area (Å²) in [6.07, 6.45) is 2.46. The maximum absolute atomic E-state index is 13.9. The minimum atomic E-state index is -2.73. The Kier molecular flexibility index (Phi) is 3.90. The van der Waals surface area contributed by atoms with Crippen molar-refractivity contribution in [3.63, 3.8) is 0 Å². The fraction of sp³-hybridized carbons (Fsp3) is 0.368. The molecule has 0 spiro atoms. The first kappa shape index (κ1) is 16.6. The number of aryl methyl sites for hydroxylation is 1. The van der Waals surface area contributed by atoms with E-state index >= 15 is 0 Å². The zero-order valence-corrected chi connectivity index (χ0v) is 13.9. The Morgan fingerprint density at radius 3 is 2.42 bits per heavy atom. The molecule has 0 aliphatic heterocycles. The second-order valence-corrected chi connectivity index (χ2v) is 6.49. The Morgan fingerprint density at radius 1 is 1.25 bits per heavy atom. The van der Waals surface area contributed by atoms with Crippen molar-refractivity contribution in [1.29, 1.82) is 0 Å². The molecule has 1 heterocycles. The van der Waals surface area contributed by atoms with Crippen LogP contribution in [0.3, 0.4) is 0 Å². The number of carbonyl (C=O) groups excluding carboxylic acids is 1. The van der Waals surface area contributed by atoms with Crippen LogP contribution in [0.2, 0.25) is 0 Å². The average molecular weight is 331 g/mol. The molecule has 5 heteroatoms. The highest BCUT2D eigenvalue weighted by Crippen LogP contribution is 2.58. The van der Waals surface area contributed by atoms with Crippen LogP contribution in [-0.4, -0.2) is 16.7 Å². The van der Waals surface area contributed by atoms with Gasteiger partial charge in [-0.15, -0.1) is 0 Å².